The Morgan fingerprint density at radius 2 is 2.25 bits per heavy atom. The summed E-state index contributed by atoms with van der Waals surface area (Å²) in [7, 11) is 0. The summed E-state index contributed by atoms with van der Waals surface area (Å²) in [6, 6.07) is 0. The third kappa shape index (κ3) is 1.69. The van der Waals surface area contributed by atoms with E-state index >= 15 is 0 Å². The molecule has 0 aromatic heterocycles. The van der Waals surface area contributed by atoms with Gasteiger partial charge in [0.2, 0.25) is 5.76 Å². The molecule has 1 aliphatic heterocycles. The van der Waals surface area contributed by atoms with Crippen molar-refractivity contribution < 1.29 is 27.8 Å². The fourth-order valence-corrected chi connectivity index (χ4v) is 0.802. The van der Waals surface area contributed by atoms with Crippen LogP contribution in [0.1, 0.15) is 6.42 Å². The standard InChI is InChI=1S/C6H5F3O3/c7-6(8,9)4-2-1-3(12-4)5(10)11/h1,4H,2H2,(H,10,11). The molecule has 1 rings (SSSR count). The second-order valence-corrected chi connectivity index (χ2v) is 2.26. The maximum atomic E-state index is 11.8. The van der Waals surface area contributed by atoms with Crippen molar-refractivity contribution in [1.82, 2.24) is 0 Å². The van der Waals surface area contributed by atoms with Crippen molar-refractivity contribution in [2.45, 2.75) is 18.7 Å². The lowest BCUT2D eigenvalue weighted by Crippen LogP contribution is -2.28. The molecule has 0 aromatic carbocycles. The molecular formula is C6H5F3O3. The molecule has 0 aliphatic carbocycles. The lowest BCUT2D eigenvalue weighted by molar-refractivity contribution is -0.204. The fraction of sp³-hybridized carbons (Fsp3) is 0.500. The van der Waals surface area contributed by atoms with E-state index in [0.29, 0.717) is 0 Å². The van der Waals surface area contributed by atoms with Crippen LogP contribution in [0.5, 0.6) is 0 Å². The van der Waals surface area contributed by atoms with E-state index in [1.165, 1.54) is 0 Å². The zero-order valence-corrected chi connectivity index (χ0v) is 5.76. The Labute approximate surface area is 65.4 Å². The van der Waals surface area contributed by atoms with Crippen molar-refractivity contribution in [3.63, 3.8) is 0 Å². The number of hydrogen-bond donors (Lipinski definition) is 1. The average molecular weight is 182 g/mol. The zero-order chi connectivity index (χ0) is 9.35. The van der Waals surface area contributed by atoms with Crippen LogP contribution in [-0.4, -0.2) is 23.4 Å². The van der Waals surface area contributed by atoms with Gasteiger partial charge in [-0.1, -0.05) is 0 Å². The number of carbonyl (C=O) groups is 1. The molecule has 1 aliphatic rings. The molecule has 0 saturated carbocycles. The predicted molar refractivity (Wildman–Crippen MR) is 31.3 cm³/mol. The maximum Gasteiger partial charge on any atom is 0.425 e. The molecule has 0 bridgehead atoms. The summed E-state index contributed by atoms with van der Waals surface area (Å²) in [4.78, 5) is 10.1. The zero-order valence-electron chi connectivity index (χ0n) is 5.76. The molecule has 0 aromatic rings. The van der Waals surface area contributed by atoms with Gasteiger partial charge >= 0.3 is 12.1 Å². The summed E-state index contributed by atoms with van der Waals surface area (Å²) >= 11 is 0. The number of aliphatic carboxylic acids is 1. The van der Waals surface area contributed by atoms with Crippen LogP contribution in [0.25, 0.3) is 0 Å². The molecule has 12 heavy (non-hydrogen) atoms. The van der Waals surface area contributed by atoms with Crippen molar-refractivity contribution in [2.24, 2.45) is 0 Å². The number of carboxylic acids is 1. The van der Waals surface area contributed by atoms with Crippen molar-refractivity contribution in [3.8, 4) is 0 Å². The van der Waals surface area contributed by atoms with Gasteiger partial charge in [-0.15, -0.1) is 0 Å². The second-order valence-electron chi connectivity index (χ2n) is 2.26. The van der Waals surface area contributed by atoms with Crippen LogP contribution in [0, 0.1) is 0 Å². The first kappa shape index (κ1) is 8.89. The van der Waals surface area contributed by atoms with Crippen molar-refractivity contribution in [3.05, 3.63) is 11.8 Å². The molecule has 0 fully saturated rings. The highest BCUT2D eigenvalue weighted by Crippen LogP contribution is 2.31. The smallest absolute Gasteiger partial charge is 0.425 e. The van der Waals surface area contributed by atoms with Gasteiger partial charge < -0.3 is 9.84 Å². The Bertz CT molecular complexity index is 231. The van der Waals surface area contributed by atoms with Gasteiger partial charge in [-0.2, -0.15) is 13.2 Å². The Hall–Kier alpha value is -1.20. The number of alkyl halides is 3. The first-order chi connectivity index (χ1) is 5.41. The van der Waals surface area contributed by atoms with E-state index in [2.05, 4.69) is 4.74 Å². The number of hydrogen-bond acceptors (Lipinski definition) is 2. The molecule has 6 heteroatoms. The molecule has 1 heterocycles. The van der Waals surface area contributed by atoms with Crippen molar-refractivity contribution >= 4 is 5.97 Å². The molecule has 0 spiro atoms. The summed E-state index contributed by atoms with van der Waals surface area (Å²) in [6.45, 7) is 0. The van der Waals surface area contributed by atoms with Crippen LogP contribution in [0.3, 0.4) is 0 Å². The fourth-order valence-electron chi connectivity index (χ4n) is 0.802. The van der Waals surface area contributed by atoms with E-state index in [0.717, 1.165) is 6.08 Å². The SMILES string of the molecule is O=C(O)C1=CCC(C(F)(F)F)O1. The van der Waals surface area contributed by atoms with Crippen LogP contribution >= 0.6 is 0 Å². The molecule has 68 valence electrons. The lowest BCUT2D eigenvalue weighted by Gasteiger charge is -2.14. The van der Waals surface area contributed by atoms with Gasteiger partial charge in [0.1, 0.15) is 0 Å². The predicted octanol–water partition coefficient (Wildman–Crippen LogP) is 1.31. The molecule has 3 nitrogen and oxygen atoms in total. The third-order valence-electron chi connectivity index (χ3n) is 1.36. The van der Waals surface area contributed by atoms with Crippen LogP contribution in [0.4, 0.5) is 13.2 Å². The Morgan fingerprint density at radius 3 is 2.50 bits per heavy atom. The minimum absolute atomic E-state index is 0.425. The van der Waals surface area contributed by atoms with Gasteiger partial charge in [-0.05, 0) is 6.08 Å². The molecule has 0 radical (unpaired) electrons. The molecule has 1 unspecified atom stereocenters. The van der Waals surface area contributed by atoms with E-state index in [-0.39, 0.29) is 0 Å². The van der Waals surface area contributed by atoms with Crippen LogP contribution in [0.15, 0.2) is 11.8 Å². The first-order valence-corrected chi connectivity index (χ1v) is 3.08. The number of halogens is 3. The van der Waals surface area contributed by atoms with Gasteiger partial charge in [0.05, 0.1) is 0 Å². The van der Waals surface area contributed by atoms with E-state index in [9.17, 15) is 18.0 Å². The molecule has 1 atom stereocenters. The van der Waals surface area contributed by atoms with Gasteiger partial charge in [0, 0.05) is 6.42 Å². The van der Waals surface area contributed by atoms with Gasteiger partial charge in [-0.3, -0.25) is 0 Å². The second kappa shape index (κ2) is 2.69. The topological polar surface area (TPSA) is 46.5 Å². The lowest BCUT2D eigenvalue weighted by atomic mass is 10.2. The van der Waals surface area contributed by atoms with E-state index in [1.54, 1.807) is 0 Å². The Kier molecular flexibility index (Phi) is 1.99. The number of ether oxygens (including phenoxy) is 1. The summed E-state index contributed by atoms with van der Waals surface area (Å²) < 4.78 is 39.7. The minimum Gasteiger partial charge on any atom is -0.475 e. The van der Waals surface area contributed by atoms with Crippen LogP contribution in [-0.2, 0) is 9.53 Å². The van der Waals surface area contributed by atoms with Crippen LogP contribution < -0.4 is 0 Å². The maximum absolute atomic E-state index is 11.8. The highest BCUT2D eigenvalue weighted by molar-refractivity contribution is 5.84. The van der Waals surface area contributed by atoms with E-state index in [1.807, 2.05) is 0 Å². The van der Waals surface area contributed by atoms with Gasteiger partial charge in [-0.25, -0.2) is 4.79 Å². The summed E-state index contributed by atoms with van der Waals surface area (Å²) in [5.41, 5.74) is 0. The Balaban J connectivity index is 2.59. The van der Waals surface area contributed by atoms with Gasteiger partial charge in [0.15, 0.2) is 6.10 Å². The van der Waals surface area contributed by atoms with Crippen LogP contribution in [0.2, 0.25) is 0 Å². The average Bonchev–Trinajstić information content (AvgIpc) is 2.30. The largest absolute Gasteiger partial charge is 0.475 e. The van der Waals surface area contributed by atoms with Crippen molar-refractivity contribution in [2.75, 3.05) is 0 Å². The third-order valence-corrected chi connectivity index (χ3v) is 1.36. The number of rotatable bonds is 1. The van der Waals surface area contributed by atoms with E-state index < -0.39 is 30.4 Å². The monoisotopic (exact) mass is 182 g/mol. The molecule has 1 N–H and O–H groups in total. The van der Waals surface area contributed by atoms with E-state index in [4.69, 9.17) is 5.11 Å². The first-order valence-electron chi connectivity index (χ1n) is 3.08. The number of carboxylic acid groups (broad SMARTS) is 1. The Morgan fingerprint density at radius 1 is 1.67 bits per heavy atom. The van der Waals surface area contributed by atoms with Crippen molar-refractivity contribution in [1.29, 1.82) is 0 Å². The summed E-state index contributed by atoms with van der Waals surface area (Å²) in [6.07, 6.45) is -6.00. The normalized spacial score (nSPS) is 23.2. The minimum atomic E-state index is -4.49. The molecule has 0 saturated heterocycles. The highest BCUT2D eigenvalue weighted by Gasteiger charge is 2.44. The molecule has 0 amide bonds. The molecular weight excluding hydrogens is 177 g/mol. The van der Waals surface area contributed by atoms with Gasteiger partial charge in [0.25, 0.3) is 0 Å². The quantitative estimate of drug-likeness (QED) is 0.664. The summed E-state index contributed by atoms with van der Waals surface area (Å²) in [5, 5.41) is 8.24. The summed E-state index contributed by atoms with van der Waals surface area (Å²) in [5.74, 6) is -2.10. The highest BCUT2D eigenvalue weighted by atomic mass is 19.4.